The number of rotatable bonds is 7. The molecule has 1 aromatic rings. The predicted molar refractivity (Wildman–Crippen MR) is 84.3 cm³/mol. The molecule has 1 aromatic carbocycles. The third-order valence-corrected chi connectivity index (χ3v) is 4.62. The van der Waals surface area contributed by atoms with Gasteiger partial charge in [-0.15, -0.1) is 0 Å². The molecule has 0 aromatic heterocycles. The zero-order valence-corrected chi connectivity index (χ0v) is 13.5. The lowest BCUT2D eigenvalue weighted by Crippen LogP contribution is -2.54. The van der Waals surface area contributed by atoms with Crippen molar-refractivity contribution in [2.24, 2.45) is 5.73 Å². The van der Waals surface area contributed by atoms with E-state index in [-0.39, 0.29) is 17.4 Å². The highest BCUT2D eigenvalue weighted by Crippen LogP contribution is 2.36. The van der Waals surface area contributed by atoms with Gasteiger partial charge in [0.2, 0.25) is 0 Å². The van der Waals surface area contributed by atoms with Crippen molar-refractivity contribution in [3.05, 3.63) is 35.1 Å². The lowest BCUT2D eigenvalue weighted by molar-refractivity contribution is 0.0624. The minimum atomic E-state index is -0.198. The van der Waals surface area contributed by atoms with Gasteiger partial charge in [-0.2, -0.15) is 0 Å². The number of aryl methyl sites for hydroxylation is 1. The lowest BCUT2D eigenvalue weighted by atomic mass is 9.79. The van der Waals surface area contributed by atoms with Gasteiger partial charge < -0.3 is 5.73 Å². The average molecular weight is 280 g/mol. The van der Waals surface area contributed by atoms with Crippen LogP contribution in [0.25, 0.3) is 0 Å². The van der Waals surface area contributed by atoms with Crippen molar-refractivity contribution in [3.63, 3.8) is 0 Å². The number of benzene rings is 1. The highest BCUT2D eigenvalue weighted by atomic mass is 19.1. The summed E-state index contributed by atoms with van der Waals surface area (Å²) in [4.78, 5) is 2.41. The summed E-state index contributed by atoms with van der Waals surface area (Å²) < 4.78 is 13.7. The van der Waals surface area contributed by atoms with Crippen LogP contribution in [0.1, 0.15) is 57.7 Å². The summed E-state index contributed by atoms with van der Waals surface area (Å²) in [5, 5.41) is 0. The van der Waals surface area contributed by atoms with Gasteiger partial charge in [0.1, 0.15) is 5.82 Å². The molecule has 2 N–H and O–H groups in total. The zero-order valence-electron chi connectivity index (χ0n) is 13.5. The molecule has 1 rings (SSSR count). The number of nitrogens with zero attached hydrogens (tertiary/aromatic N) is 1. The molecule has 114 valence electrons. The first-order chi connectivity index (χ1) is 9.44. The number of hydrogen-bond acceptors (Lipinski definition) is 2. The van der Waals surface area contributed by atoms with Gasteiger partial charge >= 0.3 is 0 Å². The molecule has 0 saturated heterocycles. The lowest BCUT2D eigenvalue weighted by Gasteiger charge is -2.46. The van der Waals surface area contributed by atoms with Crippen LogP contribution >= 0.6 is 0 Å². The molecule has 20 heavy (non-hydrogen) atoms. The third kappa shape index (κ3) is 3.21. The molecule has 0 aliphatic heterocycles. The minimum absolute atomic E-state index is 0.107. The van der Waals surface area contributed by atoms with Crippen molar-refractivity contribution >= 4 is 0 Å². The first-order valence-corrected chi connectivity index (χ1v) is 7.72. The Bertz CT molecular complexity index is 403. The summed E-state index contributed by atoms with van der Waals surface area (Å²) in [6.07, 6.45) is 1.92. The molecule has 1 atom stereocenters. The van der Waals surface area contributed by atoms with Gasteiger partial charge in [-0.05, 0) is 56.1 Å². The van der Waals surface area contributed by atoms with Crippen molar-refractivity contribution in [2.45, 2.75) is 59.0 Å². The highest BCUT2D eigenvalue weighted by Gasteiger charge is 2.38. The SMILES string of the molecule is CCN(CC)C(CC)(CC)C(N)c1cc(C)cc(F)c1. The monoisotopic (exact) mass is 280 g/mol. The quantitative estimate of drug-likeness (QED) is 0.817. The Kier molecular flexibility index (Phi) is 6.15. The summed E-state index contributed by atoms with van der Waals surface area (Å²) in [7, 11) is 0. The van der Waals surface area contributed by atoms with E-state index in [1.54, 1.807) is 12.1 Å². The molecule has 1 unspecified atom stereocenters. The molecule has 0 amide bonds. The van der Waals surface area contributed by atoms with E-state index in [1.807, 2.05) is 13.0 Å². The Morgan fingerprint density at radius 3 is 2.05 bits per heavy atom. The first kappa shape index (κ1) is 17.1. The second kappa shape index (κ2) is 7.19. The fourth-order valence-corrected chi connectivity index (χ4v) is 3.44. The van der Waals surface area contributed by atoms with E-state index in [0.717, 1.165) is 37.1 Å². The topological polar surface area (TPSA) is 29.3 Å². The molecule has 0 bridgehead atoms. The Morgan fingerprint density at radius 1 is 1.10 bits per heavy atom. The van der Waals surface area contributed by atoms with Crippen molar-refractivity contribution in [3.8, 4) is 0 Å². The fraction of sp³-hybridized carbons (Fsp3) is 0.647. The minimum Gasteiger partial charge on any atom is -0.322 e. The van der Waals surface area contributed by atoms with Crippen LogP contribution in [-0.4, -0.2) is 23.5 Å². The van der Waals surface area contributed by atoms with Gasteiger partial charge in [0.25, 0.3) is 0 Å². The van der Waals surface area contributed by atoms with Gasteiger partial charge in [0.05, 0.1) is 0 Å². The summed E-state index contributed by atoms with van der Waals surface area (Å²) in [6, 6.07) is 4.97. The van der Waals surface area contributed by atoms with E-state index < -0.39 is 0 Å². The number of halogens is 1. The summed E-state index contributed by atoms with van der Waals surface area (Å²) >= 11 is 0. The molecule has 3 heteroatoms. The van der Waals surface area contributed by atoms with Crippen molar-refractivity contribution in [1.29, 1.82) is 0 Å². The standard InChI is InChI=1S/C17H29FN2/c1-6-17(7-2,20(8-3)9-4)16(19)14-10-13(5)11-15(18)12-14/h10-12,16H,6-9,19H2,1-5H3. The smallest absolute Gasteiger partial charge is 0.123 e. The average Bonchev–Trinajstić information content (AvgIpc) is 2.43. The Balaban J connectivity index is 3.26. The molecule has 0 fully saturated rings. The molecule has 0 aliphatic carbocycles. The number of nitrogens with two attached hydrogens (primary N) is 1. The summed E-state index contributed by atoms with van der Waals surface area (Å²) in [6.45, 7) is 12.5. The molecular formula is C17H29FN2. The van der Waals surface area contributed by atoms with Crippen molar-refractivity contribution in [1.82, 2.24) is 4.90 Å². The fourth-order valence-electron chi connectivity index (χ4n) is 3.44. The molecule has 0 aliphatic rings. The Labute approximate surface area is 123 Å². The number of likely N-dealkylation sites (N-methyl/N-ethyl adjacent to an activating group) is 1. The Hall–Kier alpha value is -0.930. The normalized spacial score (nSPS) is 13.8. The van der Waals surface area contributed by atoms with Crippen LogP contribution in [0.3, 0.4) is 0 Å². The van der Waals surface area contributed by atoms with Crippen molar-refractivity contribution in [2.75, 3.05) is 13.1 Å². The summed E-state index contributed by atoms with van der Waals surface area (Å²) in [5.74, 6) is -0.198. The molecule has 0 heterocycles. The van der Waals surface area contributed by atoms with Crippen LogP contribution in [0.15, 0.2) is 18.2 Å². The van der Waals surface area contributed by atoms with Gasteiger partial charge in [-0.25, -0.2) is 4.39 Å². The van der Waals surface area contributed by atoms with E-state index >= 15 is 0 Å². The molecule has 0 spiro atoms. The van der Waals surface area contributed by atoms with Crippen LogP contribution in [0.4, 0.5) is 4.39 Å². The predicted octanol–water partition coefficient (Wildman–Crippen LogP) is 4.03. The molecule has 0 saturated carbocycles. The largest absolute Gasteiger partial charge is 0.322 e. The summed E-state index contributed by atoms with van der Waals surface area (Å²) in [5.41, 5.74) is 8.30. The second-order valence-electron chi connectivity index (χ2n) is 5.52. The van der Waals surface area contributed by atoms with E-state index in [0.29, 0.717) is 0 Å². The maximum atomic E-state index is 13.7. The Morgan fingerprint density at radius 2 is 1.65 bits per heavy atom. The van der Waals surface area contributed by atoms with Crippen LogP contribution < -0.4 is 5.73 Å². The zero-order chi connectivity index (χ0) is 15.3. The molecule has 0 radical (unpaired) electrons. The van der Waals surface area contributed by atoms with Crippen molar-refractivity contribution < 1.29 is 4.39 Å². The van der Waals surface area contributed by atoms with Gasteiger partial charge in [0.15, 0.2) is 0 Å². The van der Waals surface area contributed by atoms with E-state index in [9.17, 15) is 4.39 Å². The maximum absolute atomic E-state index is 13.7. The van der Waals surface area contributed by atoms with Gasteiger partial charge in [-0.3, -0.25) is 4.90 Å². The maximum Gasteiger partial charge on any atom is 0.123 e. The van der Waals surface area contributed by atoms with E-state index in [2.05, 4.69) is 32.6 Å². The molecule has 2 nitrogen and oxygen atoms in total. The van der Waals surface area contributed by atoms with Gasteiger partial charge in [0, 0.05) is 11.6 Å². The molecular weight excluding hydrogens is 251 g/mol. The van der Waals surface area contributed by atoms with E-state index in [1.165, 1.54) is 0 Å². The van der Waals surface area contributed by atoms with Crippen LogP contribution in [-0.2, 0) is 0 Å². The third-order valence-electron chi connectivity index (χ3n) is 4.62. The van der Waals surface area contributed by atoms with Gasteiger partial charge in [-0.1, -0.05) is 33.8 Å². The van der Waals surface area contributed by atoms with Crippen LogP contribution in [0, 0.1) is 12.7 Å². The second-order valence-corrected chi connectivity index (χ2v) is 5.52. The van der Waals surface area contributed by atoms with E-state index in [4.69, 9.17) is 5.73 Å². The van der Waals surface area contributed by atoms with Crippen LogP contribution in [0.2, 0.25) is 0 Å². The highest BCUT2D eigenvalue weighted by molar-refractivity contribution is 5.28. The first-order valence-electron chi connectivity index (χ1n) is 7.72. The number of hydrogen-bond donors (Lipinski definition) is 1. The van der Waals surface area contributed by atoms with Crippen LogP contribution in [0.5, 0.6) is 0 Å².